The summed E-state index contributed by atoms with van der Waals surface area (Å²) < 4.78 is 0. The molecule has 114 valence electrons. The number of urea groups is 1. The minimum atomic E-state index is -0.902. The highest BCUT2D eigenvalue weighted by molar-refractivity contribution is 5.91. The molecule has 1 aromatic carbocycles. The summed E-state index contributed by atoms with van der Waals surface area (Å²) in [6.45, 7) is 3.73. The van der Waals surface area contributed by atoms with Gasteiger partial charge < -0.3 is 15.3 Å². The number of nitrogens with one attached hydrogen (secondary N) is 1. The minimum Gasteiger partial charge on any atom is -0.481 e. The van der Waals surface area contributed by atoms with Gasteiger partial charge in [-0.2, -0.15) is 0 Å². The number of hydrogen-bond donors (Lipinski definition) is 2. The Balaban J connectivity index is 1.98. The van der Waals surface area contributed by atoms with Gasteiger partial charge in [-0.15, -0.1) is 0 Å². The molecule has 0 aromatic heterocycles. The van der Waals surface area contributed by atoms with Crippen LogP contribution in [0.15, 0.2) is 24.3 Å². The summed E-state index contributed by atoms with van der Waals surface area (Å²) in [7, 11) is 0. The van der Waals surface area contributed by atoms with E-state index in [1.54, 1.807) is 24.3 Å². The Hall–Kier alpha value is -2.04. The second kappa shape index (κ2) is 7.11. The number of amides is 2. The summed E-state index contributed by atoms with van der Waals surface area (Å²) in [6.07, 6.45) is 3.26. The molecule has 1 aliphatic heterocycles. The molecule has 0 bridgehead atoms. The Morgan fingerprint density at radius 3 is 2.86 bits per heavy atom. The Morgan fingerprint density at radius 1 is 1.38 bits per heavy atom. The lowest BCUT2D eigenvalue weighted by Crippen LogP contribution is -2.33. The average molecular weight is 290 g/mol. The number of carbonyl (C=O) groups excluding carboxylic acids is 1. The first kappa shape index (κ1) is 15.4. The molecule has 1 fully saturated rings. The van der Waals surface area contributed by atoms with Crippen molar-refractivity contribution < 1.29 is 14.7 Å². The van der Waals surface area contributed by atoms with E-state index in [1.807, 2.05) is 4.90 Å². The molecule has 2 amide bonds. The maximum atomic E-state index is 12.3. The molecule has 5 heteroatoms. The molecule has 5 nitrogen and oxygen atoms in total. The van der Waals surface area contributed by atoms with Crippen LogP contribution in [0.25, 0.3) is 0 Å². The van der Waals surface area contributed by atoms with Gasteiger partial charge in [-0.25, -0.2) is 4.79 Å². The molecule has 0 aliphatic carbocycles. The van der Waals surface area contributed by atoms with E-state index >= 15 is 0 Å². The van der Waals surface area contributed by atoms with Crippen molar-refractivity contribution in [2.75, 3.05) is 18.4 Å². The second-order valence-corrected chi connectivity index (χ2v) is 5.55. The summed E-state index contributed by atoms with van der Waals surface area (Å²) in [4.78, 5) is 24.9. The molecule has 1 aliphatic rings. The number of para-hydroxylation sites is 1. The molecular formula is C16H22N2O3. The van der Waals surface area contributed by atoms with Crippen molar-refractivity contribution >= 4 is 17.7 Å². The topological polar surface area (TPSA) is 69.6 Å². The van der Waals surface area contributed by atoms with Gasteiger partial charge in [-0.05, 0) is 30.4 Å². The Bertz CT molecular complexity index is 516. The molecule has 0 spiro atoms. The number of rotatable bonds is 5. The van der Waals surface area contributed by atoms with E-state index in [2.05, 4.69) is 12.2 Å². The molecule has 1 saturated heterocycles. The Kier molecular flexibility index (Phi) is 5.20. The van der Waals surface area contributed by atoms with Crippen LogP contribution in [0.5, 0.6) is 0 Å². The van der Waals surface area contributed by atoms with Crippen molar-refractivity contribution in [2.24, 2.45) is 5.92 Å². The van der Waals surface area contributed by atoms with E-state index in [-0.39, 0.29) is 12.5 Å². The molecule has 2 N–H and O–H groups in total. The molecule has 0 saturated carbocycles. The predicted molar refractivity (Wildman–Crippen MR) is 81.4 cm³/mol. The average Bonchev–Trinajstić information content (AvgIpc) is 2.89. The van der Waals surface area contributed by atoms with E-state index in [1.165, 1.54) is 0 Å². The summed E-state index contributed by atoms with van der Waals surface area (Å²) in [5.41, 5.74) is 1.21. The molecule has 21 heavy (non-hydrogen) atoms. The number of nitrogens with zero attached hydrogens (tertiary/aromatic N) is 1. The standard InChI is InChI=1S/C16H22N2O3/c1-2-5-12-8-9-18(11-12)16(21)17-14-7-4-3-6-13(14)10-15(19)20/h3-4,6-7,12H,2,5,8-11H2,1H3,(H,17,21)(H,19,20). The molecule has 1 unspecified atom stereocenters. The highest BCUT2D eigenvalue weighted by Gasteiger charge is 2.25. The lowest BCUT2D eigenvalue weighted by Gasteiger charge is -2.18. The van der Waals surface area contributed by atoms with Crippen molar-refractivity contribution in [1.29, 1.82) is 0 Å². The van der Waals surface area contributed by atoms with Crippen LogP contribution in [-0.2, 0) is 11.2 Å². The largest absolute Gasteiger partial charge is 0.481 e. The number of aliphatic carboxylic acids is 1. The number of hydrogen-bond acceptors (Lipinski definition) is 2. The van der Waals surface area contributed by atoms with E-state index < -0.39 is 5.97 Å². The van der Waals surface area contributed by atoms with Crippen molar-refractivity contribution in [1.82, 2.24) is 4.90 Å². The molecular weight excluding hydrogens is 268 g/mol. The van der Waals surface area contributed by atoms with Gasteiger partial charge in [0.25, 0.3) is 0 Å². The zero-order valence-corrected chi connectivity index (χ0v) is 12.3. The first-order valence-corrected chi connectivity index (χ1v) is 7.45. The molecule has 1 heterocycles. The first-order chi connectivity index (χ1) is 10.1. The predicted octanol–water partition coefficient (Wildman–Crippen LogP) is 2.97. The summed E-state index contributed by atoms with van der Waals surface area (Å²) in [5, 5.41) is 11.8. The van der Waals surface area contributed by atoms with Gasteiger partial charge in [0, 0.05) is 18.8 Å². The smallest absolute Gasteiger partial charge is 0.321 e. The molecule has 0 radical (unpaired) electrons. The van der Waals surface area contributed by atoms with Crippen LogP contribution in [0.3, 0.4) is 0 Å². The number of benzene rings is 1. The third-order valence-corrected chi connectivity index (χ3v) is 3.87. The van der Waals surface area contributed by atoms with Gasteiger partial charge >= 0.3 is 12.0 Å². The minimum absolute atomic E-state index is 0.0884. The first-order valence-electron chi connectivity index (χ1n) is 7.45. The van der Waals surface area contributed by atoms with Crippen LogP contribution in [-0.4, -0.2) is 35.1 Å². The third kappa shape index (κ3) is 4.21. The van der Waals surface area contributed by atoms with Crippen LogP contribution >= 0.6 is 0 Å². The van der Waals surface area contributed by atoms with Gasteiger partial charge in [-0.3, -0.25) is 4.79 Å². The lowest BCUT2D eigenvalue weighted by atomic mass is 10.0. The Labute approximate surface area is 125 Å². The van der Waals surface area contributed by atoms with Crippen molar-refractivity contribution in [3.63, 3.8) is 0 Å². The van der Waals surface area contributed by atoms with Crippen molar-refractivity contribution in [3.8, 4) is 0 Å². The maximum absolute atomic E-state index is 12.3. The zero-order chi connectivity index (χ0) is 15.2. The van der Waals surface area contributed by atoms with Crippen molar-refractivity contribution in [2.45, 2.75) is 32.6 Å². The van der Waals surface area contributed by atoms with Crippen LogP contribution in [0.2, 0.25) is 0 Å². The van der Waals surface area contributed by atoms with Gasteiger partial charge in [0.2, 0.25) is 0 Å². The maximum Gasteiger partial charge on any atom is 0.321 e. The fraction of sp³-hybridized carbons (Fsp3) is 0.500. The van der Waals surface area contributed by atoms with Crippen LogP contribution in [0.1, 0.15) is 31.7 Å². The molecule has 2 rings (SSSR count). The van der Waals surface area contributed by atoms with Crippen LogP contribution < -0.4 is 5.32 Å². The van der Waals surface area contributed by atoms with E-state index in [0.717, 1.165) is 32.4 Å². The quantitative estimate of drug-likeness (QED) is 0.876. The third-order valence-electron chi connectivity index (χ3n) is 3.87. The number of carboxylic acids is 1. The SMILES string of the molecule is CCCC1CCN(C(=O)Nc2ccccc2CC(=O)O)C1. The van der Waals surface area contributed by atoms with Crippen molar-refractivity contribution in [3.05, 3.63) is 29.8 Å². The summed E-state index contributed by atoms with van der Waals surface area (Å²) >= 11 is 0. The highest BCUT2D eigenvalue weighted by atomic mass is 16.4. The monoisotopic (exact) mass is 290 g/mol. The van der Waals surface area contributed by atoms with Gasteiger partial charge in [0.05, 0.1) is 6.42 Å². The summed E-state index contributed by atoms with van der Waals surface area (Å²) in [5.74, 6) is -0.309. The van der Waals surface area contributed by atoms with E-state index in [4.69, 9.17) is 5.11 Å². The fourth-order valence-electron chi connectivity index (χ4n) is 2.81. The van der Waals surface area contributed by atoms with Gasteiger partial charge in [0.15, 0.2) is 0 Å². The highest BCUT2D eigenvalue weighted by Crippen LogP contribution is 2.22. The summed E-state index contributed by atoms with van der Waals surface area (Å²) in [6, 6.07) is 6.92. The van der Waals surface area contributed by atoms with E-state index in [9.17, 15) is 9.59 Å². The Morgan fingerprint density at radius 2 is 2.14 bits per heavy atom. The molecule has 1 atom stereocenters. The fourth-order valence-corrected chi connectivity index (χ4v) is 2.81. The van der Waals surface area contributed by atoms with Crippen LogP contribution in [0, 0.1) is 5.92 Å². The number of anilines is 1. The van der Waals surface area contributed by atoms with Crippen LogP contribution in [0.4, 0.5) is 10.5 Å². The molecule has 1 aromatic rings. The second-order valence-electron chi connectivity index (χ2n) is 5.55. The lowest BCUT2D eigenvalue weighted by molar-refractivity contribution is -0.136. The number of carbonyl (C=O) groups is 2. The zero-order valence-electron chi connectivity index (χ0n) is 12.3. The van der Waals surface area contributed by atoms with E-state index in [0.29, 0.717) is 17.2 Å². The number of carboxylic acid groups (broad SMARTS) is 1. The van der Waals surface area contributed by atoms with Gasteiger partial charge in [0.1, 0.15) is 0 Å². The van der Waals surface area contributed by atoms with Gasteiger partial charge in [-0.1, -0.05) is 31.5 Å². The normalized spacial score (nSPS) is 17.8. The number of likely N-dealkylation sites (tertiary alicyclic amines) is 1.